The Morgan fingerprint density at radius 3 is 2.46 bits per heavy atom. The van der Waals surface area contributed by atoms with Crippen LogP contribution in [-0.2, 0) is 14.6 Å². The van der Waals surface area contributed by atoms with E-state index >= 15 is 0 Å². The molecule has 0 amide bonds. The highest BCUT2D eigenvalue weighted by molar-refractivity contribution is 7.90. The van der Waals surface area contributed by atoms with E-state index in [2.05, 4.69) is 12.2 Å². The number of sulfone groups is 1. The van der Waals surface area contributed by atoms with E-state index in [4.69, 9.17) is 4.74 Å². The Morgan fingerprint density at radius 1 is 1.46 bits per heavy atom. The van der Waals surface area contributed by atoms with E-state index in [0.717, 1.165) is 19.8 Å². The molecular formula is C8H17NO3S. The quantitative estimate of drug-likeness (QED) is 0.626. The van der Waals surface area contributed by atoms with Crippen LogP contribution >= 0.6 is 0 Å². The van der Waals surface area contributed by atoms with Crippen molar-refractivity contribution < 1.29 is 13.2 Å². The van der Waals surface area contributed by atoms with Crippen LogP contribution in [0.25, 0.3) is 0 Å². The van der Waals surface area contributed by atoms with Crippen molar-refractivity contribution in [3.8, 4) is 0 Å². The molecule has 1 heterocycles. The average Bonchev–Trinajstić information content (AvgIpc) is 1.93. The zero-order valence-electron chi connectivity index (χ0n) is 8.17. The summed E-state index contributed by atoms with van der Waals surface area (Å²) in [5, 5.41) is 3.13. The predicted molar refractivity (Wildman–Crippen MR) is 51.5 cm³/mol. The van der Waals surface area contributed by atoms with Crippen LogP contribution in [0.1, 0.15) is 6.92 Å². The van der Waals surface area contributed by atoms with Crippen molar-refractivity contribution in [3.05, 3.63) is 0 Å². The van der Waals surface area contributed by atoms with Gasteiger partial charge in [-0.1, -0.05) is 6.92 Å². The third-order valence-corrected chi connectivity index (χ3v) is 3.05. The Labute approximate surface area is 79.6 Å². The first kappa shape index (κ1) is 10.9. The lowest BCUT2D eigenvalue weighted by molar-refractivity contribution is -0.0987. The molecular weight excluding hydrogens is 190 g/mol. The van der Waals surface area contributed by atoms with E-state index < -0.39 is 9.84 Å². The number of nitrogens with one attached hydrogen (secondary N) is 1. The topological polar surface area (TPSA) is 55.4 Å². The first-order valence-electron chi connectivity index (χ1n) is 4.38. The molecule has 5 heteroatoms. The van der Waals surface area contributed by atoms with Gasteiger partial charge in [-0.3, -0.25) is 0 Å². The van der Waals surface area contributed by atoms with Crippen LogP contribution in [-0.4, -0.2) is 46.7 Å². The summed E-state index contributed by atoms with van der Waals surface area (Å²) in [6.07, 6.45) is 1.25. The molecule has 0 spiro atoms. The van der Waals surface area contributed by atoms with Crippen LogP contribution in [0.15, 0.2) is 0 Å². The van der Waals surface area contributed by atoms with Crippen molar-refractivity contribution >= 4 is 9.84 Å². The molecule has 13 heavy (non-hydrogen) atoms. The molecule has 0 aromatic heterocycles. The maximum atomic E-state index is 10.8. The van der Waals surface area contributed by atoms with Gasteiger partial charge in [-0.15, -0.1) is 0 Å². The van der Waals surface area contributed by atoms with Gasteiger partial charge in [-0.2, -0.15) is 0 Å². The van der Waals surface area contributed by atoms with Gasteiger partial charge in [0.1, 0.15) is 9.84 Å². The lowest BCUT2D eigenvalue weighted by Crippen LogP contribution is -2.47. The standard InChI is InChI=1S/C8H17NO3S/c1-8(6-12-7-8)5-9-3-4-13(2,10)11/h9H,3-7H2,1-2H3. The minimum absolute atomic E-state index is 0.212. The zero-order valence-corrected chi connectivity index (χ0v) is 8.99. The second kappa shape index (κ2) is 3.94. The molecule has 0 aliphatic carbocycles. The zero-order chi connectivity index (χ0) is 9.95. The highest BCUT2D eigenvalue weighted by Crippen LogP contribution is 2.24. The van der Waals surface area contributed by atoms with E-state index in [1.165, 1.54) is 6.26 Å². The molecule has 0 aromatic rings. The van der Waals surface area contributed by atoms with Gasteiger partial charge in [0.2, 0.25) is 0 Å². The van der Waals surface area contributed by atoms with Gasteiger partial charge in [0.15, 0.2) is 0 Å². The summed E-state index contributed by atoms with van der Waals surface area (Å²) < 4.78 is 26.6. The van der Waals surface area contributed by atoms with Crippen molar-refractivity contribution in [2.75, 3.05) is 38.3 Å². The molecule has 1 rings (SSSR count). The summed E-state index contributed by atoms with van der Waals surface area (Å²) >= 11 is 0. The maximum absolute atomic E-state index is 10.8. The smallest absolute Gasteiger partial charge is 0.148 e. The van der Waals surface area contributed by atoms with Gasteiger partial charge in [0.05, 0.1) is 19.0 Å². The Kier molecular flexibility index (Phi) is 3.32. The summed E-state index contributed by atoms with van der Waals surface area (Å²) in [4.78, 5) is 0. The molecule has 1 saturated heterocycles. The van der Waals surface area contributed by atoms with E-state index in [1.54, 1.807) is 0 Å². The lowest BCUT2D eigenvalue weighted by atomic mass is 9.89. The van der Waals surface area contributed by atoms with Gasteiger partial charge in [0.25, 0.3) is 0 Å². The van der Waals surface area contributed by atoms with E-state index in [0.29, 0.717) is 6.54 Å². The van der Waals surface area contributed by atoms with Crippen LogP contribution in [0.2, 0.25) is 0 Å². The fourth-order valence-electron chi connectivity index (χ4n) is 1.20. The fourth-order valence-corrected chi connectivity index (χ4v) is 1.72. The SMILES string of the molecule is CC1(CNCCS(C)(=O)=O)COC1. The van der Waals surface area contributed by atoms with Crippen molar-refractivity contribution in [1.29, 1.82) is 0 Å². The monoisotopic (exact) mass is 207 g/mol. The molecule has 0 radical (unpaired) electrons. The average molecular weight is 207 g/mol. The largest absolute Gasteiger partial charge is 0.380 e. The third-order valence-electron chi connectivity index (χ3n) is 2.10. The minimum Gasteiger partial charge on any atom is -0.380 e. The second-order valence-electron chi connectivity index (χ2n) is 4.11. The van der Waals surface area contributed by atoms with Crippen molar-refractivity contribution in [3.63, 3.8) is 0 Å². The summed E-state index contributed by atoms with van der Waals surface area (Å²) in [5.74, 6) is 0.212. The summed E-state index contributed by atoms with van der Waals surface area (Å²) in [6, 6.07) is 0. The Hall–Kier alpha value is -0.130. The highest BCUT2D eigenvalue weighted by atomic mass is 32.2. The third kappa shape index (κ3) is 4.06. The number of ether oxygens (including phenoxy) is 1. The maximum Gasteiger partial charge on any atom is 0.148 e. The predicted octanol–water partition coefficient (Wildman–Crippen LogP) is -0.343. The molecule has 1 fully saturated rings. The van der Waals surface area contributed by atoms with Crippen LogP contribution in [0.3, 0.4) is 0 Å². The summed E-state index contributed by atoms with van der Waals surface area (Å²) in [5.41, 5.74) is 0.220. The van der Waals surface area contributed by atoms with Gasteiger partial charge >= 0.3 is 0 Å². The Morgan fingerprint density at radius 2 is 2.08 bits per heavy atom. The molecule has 0 bridgehead atoms. The van der Waals surface area contributed by atoms with Gasteiger partial charge in [0, 0.05) is 24.8 Å². The van der Waals surface area contributed by atoms with Crippen LogP contribution < -0.4 is 5.32 Å². The molecule has 4 nitrogen and oxygen atoms in total. The van der Waals surface area contributed by atoms with Gasteiger partial charge in [-0.25, -0.2) is 8.42 Å². The van der Waals surface area contributed by atoms with Gasteiger partial charge in [-0.05, 0) is 0 Å². The Balaban J connectivity index is 2.08. The molecule has 1 N–H and O–H groups in total. The van der Waals surface area contributed by atoms with Crippen molar-refractivity contribution in [2.24, 2.45) is 5.41 Å². The van der Waals surface area contributed by atoms with E-state index in [9.17, 15) is 8.42 Å². The number of rotatable bonds is 5. The number of hydrogen-bond donors (Lipinski definition) is 1. The van der Waals surface area contributed by atoms with Crippen molar-refractivity contribution in [2.45, 2.75) is 6.92 Å². The van der Waals surface area contributed by atoms with Crippen LogP contribution in [0.5, 0.6) is 0 Å². The second-order valence-corrected chi connectivity index (χ2v) is 6.37. The summed E-state index contributed by atoms with van der Waals surface area (Å²) in [7, 11) is -2.82. The lowest BCUT2D eigenvalue weighted by Gasteiger charge is -2.38. The molecule has 0 aromatic carbocycles. The van der Waals surface area contributed by atoms with Gasteiger partial charge < -0.3 is 10.1 Å². The normalized spacial score (nSPS) is 21.1. The van der Waals surface area contributed by atoms with E-state index in [1.807, 2.05) is 0 Å². The highest BCUT2D eigenvalue weighted by Gasteiger charge is 2.32. The molecule has 0 unspecified atom stereocenters. The molecule has 1 aliphatic heterocycles. The van der Waals surface area contributed by atoms with Crippen LogP contribution in [0.4, 0.5) is 0 Å². The fraction of sp³-hybridized carbons (Fsp3) is 1.00. The first-order valence-corrected chi connectivity index (χ1v) is 6.44. The van der Waals surface area contributed by atoms with Crippen molar-refractivity contribution in [1.82, 2.24) is 5.32 Å². The molecule has 0 saturated carbocycles. The molecule has 1 aliphatic rings. The van der Waals surface area contributed by atoms with Crippen LogP contribution in [0, 0.1) is 5.41 Å². The first-order chi connectivity index (χ1) is 5.91. The molecule has 78 valence electrons. The van der Waals surface area contributed by atoms with E-state index in [-0.39, 0.29) is 11.2 Å². The number of hydrogen-bond acceptors (Lipinski definition) is 4. The summed E-state index contributed by atoms with van der Waals surface area (Å²) in [6.45, 7) is 5.05. The Bertz CT molecular complexity index is 257. The molecule has 0 atom stereocenters. The minimum atomic E-state index is -2.82.